The van der Waals surface area contributed by atoms with Crippen LogP contribution >= 0.6 is 0 Å². The van der Waals surface area contributed by atoms with Crippen molar-refractivity contribution in [2.45, 2.75) is 19.3 Å². The zero-order valence-corrected chi connectivity index (χ0v) is 8.87. The molecule has 0 bridgehead atoms. The molecule has 1 heterocycles. The molecule has 0 aliphatic heterocycles. The van der Waals surface area contributed by atoms with Crippen molar-refractivity contribution in [3.05, 3.63) is 36.0 Å². The topological polar surface area (TPSA) is 65.6 Å². The Morgan fingerprint density at radius 1 is 1.19 bits per heavy atom. The van der Waals surface area contributed by atoms with E-state index in [-0.39, 0.29) is 13.2 Å². The molecule has 0 saturated carbocycles. The van der Waals surface area contributed by atoms with Crippen molar-refractivity contribution in [2.75, 3.05) is 6.61 Å². The summed E-state index contributed by atoms with van der Waals surface area (Å²) in [7, 11) is 0. The van der Waals surface area contributed by atoms with E-state index in [2.05, 4.69) is 0 Å². The summed E-state index contributed by atoms with van der Waals surface area (Å²) in [5.41, 5.74) is 1.74. The zero-order valence-electron chi connectivity index (χ0n) is 8.87. The lowest BCUT2D eigenvalue weighted by Crippen LogP contribution is -2.19. The smallest absolute Gasteiger partial charge is 0.0949 e. The van der Waals surface area contributed by atoms with Gasteiger partial charge in [-0.2, -0.15) is 0 Å². The average molecular weight is 221 g/mol. The van der Waals surface area contributed by atoms with Gasteiger partial charge in [-0.3, -0.25) is 0 Å². The van der Waals surface area contributed by atoms with Gasteiger partial charge >= 0.3 is 0 Å². The van der Waals surface area contributed by atoms with Crippen LogP contribution in [0, 0.1) is 0 Å². The summed E-state index contributed by atoms with van der Waals surface area (Å²) in [6.07, 6.45) is 1.07. The fraction of sp³-hybridized carbons (Fsp3) is 0.333. The van der Waals surface area contributed by atoms with Crippen molar-refractivity contribution in [3.8, 4) is 0 Å². The molecule has 0 aliphatic carbocycles. The largest absolute Gasteiger partial charge is 0.394 e. The molecule has 1 atom stereocenters. The lowest BCUT2D eigenvalue weighted by molar-refractivity contribution is 0.0821. The molecule has 1 aromatic carbocycles. The van der Waals surface area contributed by atoms with Gasteiger partial charge in [0.25, 0.3) is 0 Å². The van der Waals surface area contributed by atoms with Crippen LogP contribution in [-0.4, -0.2) is 32.6 Å². The summed E-state index contributed by atoms with van der Waals surface area (Å²) >= 11 is 0. The molecular formula is C12H15NO3. The highest BCUT2D eigenvalue weighted by atomic mass is 16.3. The molecular weight excluding hydrogens is 206 g/mol. The van der Waals surface area contributed by atoms with Crippen LogP contribution in [0.1, 0.15) is 5.56 Å². The van der Waals surface area contributed by atoms with Gasteiger partial charge in [0.1, 0.15) is 0 Å². The quantitative estimate of drug-likeness (QED) is 0.704. The van der Waals surface area contributed by atoms with Gasteiger partial charge in [-0.25, -0.2) is 0 Å². The number of aliphatic hydroxyl groups excluding tert-OH is 3. The first-order valence-corrected chi connectivity index (χ1v) is 5.22. The maximum Gasteiger partial charge on any atom is 0.0949 e. The number of nitrogens with zero attached hydrogens (tertiary/aromatic N) is 1. The Balaban J connectivity index is 2.45. The number of aromatic nitrogens is 1. The molecule has 0 aliphatic rings. The zero-order chi connectivity index (χ0) is 11.5. The highest BCUT2D eigenvalue weighted by Gasteiger charge is 2.09. The number of fused-ring (bicyclic) bond motifs is 1. The maximum atomic E-state index is 9.42. The fourth-order valence-corrected chi connectivity index (χ4v) is 1.91. The number of para-hydroxylation sites is 1. The predicted octanol–water partition coefficient (Wildman–Crippen LogP) is 0.487. The van der Waals surface area contributed by atoms with Gasteiger partial charge in [-0.05, 0) is 11.5 Å². The Labute approximate surface area is 93.4 Å². The summed E-state index contributed by atoms with van der Waals surface area (Å²) in [5.74, 6) is 0. The number of aliphatic hydroxyl groups is 3. The van der Waals surface area contributed by atoms with Crippen LogP contribution in [-0.2, 0) is 13.2 Å². The molecule has 0 radical (unpaired) electrons. The van der Waals surface area contributed by atoms with E-state index in [1.165, 1.54) is 0 Å². The molecule has 4 heteroatoms. The van der Waals surface area contributed by atoms with E-state index in [1.807, 2.05) is 35.0 Å². The first-order chi connectivity index (χ1) is 7.76. The van der Waals surface area contributed by atoms with Crippen LogP contribution in [0.15, 0.2) is 30.5 Å². The van der Waals surface area contributed by atoms with Crippen molar-refractivity contribution < 1.29 is 15.3 Å². The molecule has 0 saturated heterocycles. The van der Waals surface area contributed by atoms with E-state index >= 15 is 0 Å². The second-order valence-electron chi connectivity index (χ2n) is 3.82. The molecule has 0 spiro atoms. The standard InChI is InChI=1S/C12H15NO3/c14-7-10-3-1-2-9-4-5-13(12(9)10)6-11(16)8-15/h1-5,11,14-16H,6-8H2. The van der Waals surface area contributed by atoms with Gasteiger partial charge < -0.3 is 19.9 Å². The Morgan fingerprint density at radius 3 is 2.69 bits per heavy atom. The molecule has 16 heavy (non-hydrogen) atoms. The van der Waals surface area contributed by atoms with Gasteiger partial charge in [-0.1, -0.05) is 18.2 Å². The fourth-order valence-electron chi connectivity index (χ4n) is 1.91. The third-order valence-corrected chi connectivity index (χ3v) is 2.66. The second kappa shape index (κ2) is 4.65. The van der Waals surface area contributed by atoms with E-state index in [9.17, 15) is 10.2 Å². The van der Waals surface area contributed by atoms with E-state index in [1.54, 1.807) is 0 Å². The van der Waals surface area contributed by atoms with Gasteiger partial charge in [0.2, 0.25) is 0 Å². The van der Waals surface area contributed by atoms with E-state index in [4.69, 9.17) is 5.11 Å². The van der Waals surface area contributed by atoms with E-state index in [0.29, 0.717) is 6.54 Å². The van der Waals surface area contributed by atoms with Crippen LogP contribution < -0.4 is 0 Å². The lowest BCUT2D eigenvalue weighted by Gasteiger charge is -2.11. The van der Waals surface area contributed by atoms with Crippen LogP contribution in [0.4, 0.5) is 0 Å². The third-order valence-electron chi connectivity index (χ3n) is 2.66. The van der Waals surface area contributed by atoms with Gasteiger partial charge in [-0.15, -0.1) is 0 Å². The van der Waals surface area contributed by atoms with Gasteiger partial charge in [0.15, 0.2) is 0 Å². The van der Waals surface area contributed by atoms with Crippen LogP contribution in [0.5, 0.6) is 0 Å². The molecule has 2 aromatic rings. The SMILES string of the molecule is OCc1cccc2ccn(CC(O)CO)c12. The number of benzene rings is 1. The van der Waals surface area contributed by atoms with E-state index < -0.39 is 6.10 Å². The minimum absolute atomic E-state index is 0.0312. The first-order valence-electron chi connectivity index (χ1n) is 5.22. The maximum absolute atomic E-state index is 9.42. The normalized spacial score (nSPS) is 13.2. The summed E-state index contributed by atoms with van der Waals surface area (Å²) in [5, 5.41) is 28.5. The summed E-state index contributed by atoms with van der Waals surface area (Å²) < 4.78 is 1.85. The minimum atomic E-state index is -0.776. The Kier molecular flexibility index (Phi) is 3.24. The number of rotatable bonds is 4. The Morgan fingerprint density at radius 2 is 2.00 bits per heavy atom. The molecule has 0 amide bonds. The van der Waals surface area contributed by atoms with Gasteiger partial charge in [0, 0.05) is 11.8 Å². The lowest BCUT2D eigenvalue weighted by atomic mass is 10.1. The Bertz CT molecular complexity index is 478. The Hall–Kier alpha value is -1.36. The van der Waals surface area contributed by atoms with Crippen LogP contribution in [0.3, 0.4) is 0 Å². The molecule has 2 rings (SSSR count). The predicted molar refractivity (Wildman–Crippen MR) is 61.0 cm³/mol. The highest BCUT2D eigenvalue weighted by molar-refractivity contribution is 5.83. The van der Waals surface area contributed by atoms with Crippen molar-refractivity contribution in [1.82, 2.24) is 4.57 Å². The van der Waals surface area contributed by atoms with Crippen molar-refractivity contribution >= 4 is 10.9 Å². The minimum Gasteiger partial charge on any atom is -0.394 e. The van der Waals surface area contributed by atoms with Crippen LogP contribution in [0.25, 0.3) is 10.9 Å². The summed E-state index contributed by atoms with van der Waals surface area (Å²) in [6.45, 7) is 0.0363. The molecule has 0 fully saturated rings. The van der Waals surface area contributed by atoms with E-state index in [0.717, 1.165) is 16.5 Å². The van der Waals surface area contributed by atoms with Crippen LogP contribution in [0.2, 0.25) is 0 Å². The molecule has 4 nitrogen and oxygen atoms in total. The number of hydrogen-bond acceptors (Lipinski definition) is 3. The van der Waals surface area contributed by atoms with Crippen molar-refractivity contribution in [3.63, 3.8) is 0 Å². The second-order valence-corrected chi connectivity index (χ2v) is 3.82. The van der Waals surface area contributed by atoms with Gasteiger partial charge in [0.05, 0.1) is 31.4 Å². The summed E-state index contributed by atoms with van der Waals surface area (Å²) in [6, 6.07) is 7.62. The third kappa shape index (κ3) is 1.95. The van der Waals surface area contributed by atoms with Crippen molar-refractivity contribution in [1.29, 1.82) is 0 Å². The van der Waals surface area contributed by atoms with Crippen molar-refractivity contribution in [2.24, 2.45) is 0 Å². The number of hydrogen-bond donors (Lipinski definition) is 3. The average Bonchev–Trinajstić information content (AvgIpc) is 2.72. The molecule has 1 unspecified atom stereocenters. The monoisotopic (exact) mass is 221 g/mol. The first kappa shape index (κ1) is 11.1. The molecule has 3 N–H and O–H groups in total. The molecule has 1 aromatic heterocycles. The molecule has 86 valence electrons. The summed E-state index contributed by atoms with van der Waals surface area (Å²) in [4.78, 5) is 0. The highest BCUT2D eigenvalue weighted by Crippen LogP contribution is 2.20.